The standard InChI is InChI=1S/C17H23N3O/c1-2-4-12-7-9-13(10-8-12)16-19-17(21-20-16)14-5-3-6-15(18)11-14/h3,5-6,11-13H,2,4,7-10,18H2,1H3. The first-order valence-corrected chi connectivity index (χ1v) is 7.95. The Bertz CT molecular complexity index is 585. The first-order valence-electron chi connectivity index (χ1n) is 7.95. The Hall–Kier alpha value is -1.84. The fourth-order valence-electron chi connectivity index (χ4n) is 3.31. The second-order valence-corrected chi connectivity index (χ2v) is 6.09. The van der Waals surface area contributed by atoms with Gasteiger partial charge >= 0.3 is 0 Å². The normalized spacial score (nSPS) is 22.3. The highest BCUT2D eigenvalue weighted by Crippen LogP contribution is 2.36. The molecular weight excluding hydrogens is 262 g/mol. The first kappa shape index (κ1) is 14.1. The topological polar surface area (TPSA) is 64.9 Å². The molecule has 0 saturated heterocycles. The predicted octanol–water partition coefficient (Wildman–Crippen LogP) is 4.39. The summed E-state index contributed by atoms with van der Waals surface area (Å²) in [5, 5.41) is 4.19. The molecule has 4 nitrogen and oxygen atoms in total. The summed E-state index contributed by atoms with van der Waals surface area (Å²) in [5.41, 5.74) is 7.41. The minimum atomic E-state index is 0.455. The van der Waals surface area contributed by atoms with Crippen molar-refractivity contribution in [3.8, 4) is 11.5 Å². The van der Waals surface area contributed by atoms with Crippen molar-refractivity contribution in [1.29, 1.82) is 0 Å². The highest BCUT2D eigenvalue weighted by Gasteiger charge is 2.25. The quantitative estimate of drug-likeness (QED) is 0.846. The van der Waals surface area contributed by atoms with Gasteiger partial charge in [-0.25, -0.2) is 0 Å². The van der Waals surface area contributed by atoms with Crippen LogP contribution in [0, 0.1) is 5.92 Å². The number of aromatic nitrogens is 2. The fourth-order valence-corrected chi connectivity index (χ4v) is 3.31. The number of nitrogen functional groups attached to an aromatic ring is 1. The molecule has 0 unspecified atom stereocenters. The van der Waals surface area contributed by atoms with E-state index in [1.165, 1.54) is 38.5 Å². The highest BCUT2D eigenvalue weighted by molar-refractivity contribution is 5.59. The lowest BCUT2D eigenvalue weighted by Gasteiger charge is -2.26. The lowest BCUT2D eigenvalue weighted by atomic mass is 9.80. The molecule has 1 saturated carbocycles. The highest BCUT2D eigenvalue weighted by atomic mass is 16.5. The Morgan fingerprint density at radius 3 is 2.76 bits per heavy atom. The summed E-state index contributed by atoms with van der Waals surface area (Å²) in [4.78, 5) is 4.58. The average Bonchev–Trinajstić information content (AvgIpc) is 2.98. The van der Waals surface area contributed by atoms with Gasteiger partial charge in [0.2, 0.25) is 0 Å². The molecule has 4 heteroatoms. The zero-order chi connectivity index (χ0) is 14.7. The van der Waals surface area contributed by atoms with Crippen LogP contribution >= 0.6 is 0 Å². The monoisotopic (exact) mass is 285 g/mol. The first-order chi connectivity index (χ1) is 10.3. The Balaban J connectivity index is 1.68. The lowest BCUT2D eigenvalue weighted by molar-refractivity contribution is 0.296. The maximum absolute atomic E-state index is 5.80. The second-order valence-electron chi connectivity index (χ2n) is 6.09. The third-order valence-corrected chi connectivity index (χ3v) is 4.48. The molecule has 21 heavy (non-hydrogen) atoms. The van der Waals surface area contributed by atoms with Crippen LogP contribution in [0.5, 0.6) is 0 Å². The van der Waals surface area contributed by atoms with Crippen LogP contribution in [-0.4, -0.2) is 10.1 Å². The number of benzene rings is 1. The van der Waals surface area contributed by atoms with Crippen LogP contribution in [0.1, 0.15) is 57.2 Å². The summed E-state index contributed by atoms with van der Waals surface area (Å²) in [6.07, 6.45) is 7.59. The molecule has 1 aliphatic rings. The molecule has 2 N–H and O–H groups in total. The SMILES string of the molecule is CCCC1CCC(c2noc(-c3cccc(N)c3)n2)CC1. The Labute approximate surface area is 125 Å². The van der Waals surface area contributed by atoms with Crippen LogP contribution in [-0.2, 0) is 0 Å². The smallest absolute Gasteiger partial charge is 0.258 e. The second kappa shape index (κ2) is 6.29. The van der Waals surface area contributed by atoms with E-state index in [1.807, 2.05) is 24.3 Å². The zero-order valence-corrected chi connectivity index (χ0v) is 12.6. The minimum Gasteiger partial charge on any atom is -0.399 e. The molecule has 0 amide bonds. The van der Waals surface area contributed by atoms with E-state index in [4.69, 9.17) is 10.3 Å². The lowest BCUT2D eigenvalue weighted by Crippen LogP contribution is -2.14. The van der Waals surface area contributed by atoms with Crippen molar-refractivity contribution in [3.63, 3.8) is 0 Å². The molecule has 1 aromatic heterocycles. The molecule has 112 valence electrons. The van der Waals surface area contributed by atoms with E-state index in [9.17, 15) is 0 Å². The molecule has 1 aromatic carbocycles. The summed E-state index contributed by atoms with van der Waals surface area (Å²) in [6.45, 7) is 2.27. The van der Waals surface area contributed by atoms with Gasteiger partial charge in [-0.15, -0.1) is 0 Å². The Kier molecular flexibility index (Phi) is 4.23. The van der Waals surface area contributed by atoms with Crippen LogP contribution in [0.4, 0.5) is 5.69 Å². The van der Waals surface area contributed by atoms with Crippen LogP contribution in [0.3, 0.4) is 0 Å². The van der Waals surface area contributed by atoms with Gasteiger partial charge in [0, 0.05) is 17.2 Å². The van der Waals surface area contributed by atoms with Gasteiger partial charge in [0.1, 0.15) is 0 Å². The van der Waals surface area contributed by atoms with Crippen molar-refractivity contribution in [1.82, 2.24) is 10.1 Å². The summed E-state index contributed by atoms with van der Waals surface area (Å²) in [5.74, 6) is 2.79. The zero-order valence-electron chi connectivity index (χ0n) is 12.6. The molecule has 1 fully saturated rings. The van der Waals surface area contributed by atoms with Gasteiger partial charge in [-0.05, 0) is 49.8 Å². The molecule has 1 aliphatic carbocycles. The van der Waals surface area contributed by atoms with Crippen molar-refractivity contribution in [2.45, 2.75) is 51.4 Å². The van der Waals surface area contributed by atoms with E-state index in [0.29, 0.717) is 17.5 Å². The van der Waals surface area contributed by atoms with Crippen LogP contribution in [0.25, 0.3) is 11.5 Å². The third kappa shape index (κ3) is 3.26. The van der Waals surface area contributed by atoms with E-state index in [1.54, 1.807) is 0 Å². The average molecular weight is 285 g/mol. The van der Waals surface area contributed by atoms with Crippen molar-refractivity contribution in [2.24, 2.45) is 5.92 Å². The third-order valence-electron chi connectivity index (χ3n) is 4.48. The van der Waals surface area contributed by atoms with Gasteiger partial charge in [-0.3, -0.25) is 0 Å². The van der Waals surface area contributed by atoms with E-state index < -0.39 is 0 Å². The number of nitrogens with zero attached hydrogens (tertiary/aromatic N) is 2. The number of hydrogen-bond donors (Lipinski definition) is 1. The Morgan fingerprint density at radius 2 is 2.05 bits per heavy atom. The molecular formula is C17H23N3O. The van der Waals surface area contributed by atoms with Gasteiger partial charge in [0.15, 0.2) is 5.82 Å². The van der Waals surface area contributed by atoms with E-state index in [-0.39, 0.29) is 0 Å². The molecule has 3 rings (SSSR count). The molecule has 2 aromatic rings. The van der Waals surface area contributed by atoms with Crippen molar-refractivity contribution >= 4 is 5.69 Å². The maximum Gasteiger partial charge on any atom is 0.258 e. The Morgan fingerprint density at radius 1 is 1.24 bits per heavy atom. The summed E-state index contributed by atoms with van der Waals surface area (Å²) in [6, 6.07) is 7.58. The fraction of sp³-hybridized carbons (Fsp3) is 0.529. The molecule has 1 heterocycles. The molecule has 0 bridgehead atoms. The maximum atomic E-state index is 5.80. The van der Waals surface area contributed by atoms with E-state index in [2.05, 4.69) is 17.1 Å². The number of nitrogens with two attached hydrogens (primary N) is 1. The van der Waals surface area contributed by atoms with E-state index in [0.717, 1.165) is 17.3 Å². The largest absolute Gasteiger partial charge is 0.399 e. The van der Waals surface area contributed by atoms with Gasteiger partial charge in [-0.1, -0.05) is 31.0 Å². The van der Waals surface area contributed by atoms with E-state index >= 15 is 0 Å². The van der Waals surface area contributed by atoms with Crippen LogP contribution in [0.15, 0.2) is 28.8 Å². The summed E-state index contributed by atoms with van der Waals surface area (Å²) < 4.78 is 5.42. The van der Waals surface area contributed by atoms with Crippen molar-refractivity contribution in [2.75, 3.05) is 5.73 Å². The van der Waals surface area contributed by atoms with Crippen LogP contribution < -0.4 is 5.73 Å². The number of hydrogen-bond acceptors (Lipinski definition) is 4. The predicted molar refractivity (Wildman–Crippen MR) is 83.8 cm³/mol. The number of rotatable bonds is 4. The van der Waals surface area contributed by atoms with Gasteiger partial charge in [0.25, 0.3) is 5.89 Å². The molecule has 0 aliphatic heterocycles. The van der Waals surface area contributed by atoms with Gasteiger partial charge in [-0.2, -0.15) is 4.98 Å². The molecule has 0 atom stereocenters. The molecule has 0 spiro atoms. The summed E-state index contributed by atoms with van der Waals surface area (Å²) >= 11 is 0. The summed E-state index contributed by atoms with van der Waals surface area (Å²) in [7, 11) is 0. The van der Waals surface area contributed by atoms with Gasteiger partial charge < -0.3 is 10.3 Å². The van der Waals surface area contributed by atoms with Crippen LogP contribution in [0.2, 0.25) is 0 Å². The molecule has 0 radical (unpaired) electrons. The number of anilines is 1. The minimum absolute atomic E-state index is 0.455. The van der Waals surface area contributed by atoms with Crippen molar-refractivity contribution < 1.29 is 4.52 Å². The van der Waals surface area contributed by atoms with Gasteiger partial charge in [0.05, 0.1) is 0 Å². The van der Waals surface area contributed by atoms with Crippen molar-refractivity contribution in [3.05, 3.63) is 30.1 Å².